The van der Waals surface area contributed by atoms with Crippen LogP contribution in [0.5, 0.6) is 0 Å². The molecule has 0 spiro atoms. The Hall–Kier alpha value is -3.99. The highest BCUT2D eigenvalue weighted by molar-refractivity contribution is 6.09. The van der Waals surface area contributed by atoms with Gasteiger partial charge in [0.05, 0.1) is 22.3 Å². The van der Waals surface area contributed by atoms with Crippen molar-refractivity contribution in [2.24, 2.45) is 0 Å². The maximum atomic E-state index is 12.1. The lowest BCUT2D eigenvalue weighted by molar-refractivity contribution is 0.0699. The summed E-state index contributed by atoms with van der Waals surface area (Å²) in [5.41, 5.74) is 4.72. The number of aromatic carboxylic acids is 1. The van der Waals surface area contributed by atoms with Gasteiger partial charge in [0.1, 0.15) is 0 Å². The number of benzene rings is 3. The van der Waals surface area contributed by atoms with Crippen molar-refractivity contribution in [3.63, 3.8) is 0 Å². The molecule has 2 N–H and O–H groups in total. The SMILES string of the molecule is Cc1ccc(-c2[nH]nc3nc(-c4cccc5ccccc45)cc(C(=O)O)c23)cc1. The summed E-state index contributed by atoms with van der Waals surface area (Å²) in [5.74, 6) is -1.01. The van der Waals surface area contributed by atoms with Crippen LogP contribution in [0.15, 0.2) is 72.8 Å². The first kappa shape index (κ1) is 17.1. The van der Waals surface area contributed by atoms with Crippen LogP contribution < -0.4 is 0 Å². The summed E-state index contributed by atoms with van der Waals surface area (Å²) in [6.45, 7) is 2.01. The van der Waals surface area contributed by atoms with Crippen LogP contribution in [0.1, 0.15) is 15.9 Å². The molecule has 0 saturated carbocycles. The van der Waals surface area contributed by atoms with Gasteiger partial charge < -0.3 is 5.11 Å². The van der Waals surface area contributed by atoms with Crippen molar-refractivity contribution in [1.29, 1.82) is 0 Å². The lowest BCUT2D eigenvalue weighted by Crippen LogP contribution is -2.00. The van der Waals surface area contributed by atoms with E-state index in [1.807, 2.05) is 73.7 Å². The van der Waals surface area contributed by atoms with Gasteiger partial charge in [0, 0.05) is 11.1 Å². The molecule has 0 fully saturated rings. The number of nitrogens with zero attached hydrogens (tertiary/aromatic N) is 2. The molecule has 0 unspecified atom stereocenters. The predicted octanol–water partition coefficient (Wildman–Crippen LogP) is 5.45. The van der Waals surface area contributed by atoms with Crippen LogP contribution in [0.3, 0.4) is 0 Å². The number of carboxylic acid groups (broad SMARTS) is 1. The molecule has 0 radical (unpaired) electrons. The zero-order chi connectivity index (χ0) is 20.0. The fourth-order valence-corrected chi connectivity index (χ4v) is 3.71. The number of fused-ring (bicyclic) bond motifs is 2. The molecule has 0 aliphatic rings. The van der Waals surface area contributed by atoms with Gasteiger partial charge in [-0.05, 0) is 23.8 Å². The van der Waals surface area contributed by atoms with Gasteiger partial charge in [0.2, 0.25) is 0 Å². The monoisotopic (exact) mass is 379 g/mol. The maximum Gasteiger partial charge on any atom is 0.336 e. The number of aryl methyl sites for hydroxylation is 1. The van der Waals surface area contributed by atoms with E-state index in [0.29, 0.717) is 22.4 Å². The molecule has 2 heterocycles. The van der Waals surface area contributed by atoms with Gasteiger partial charge in [0.15, 0.2) is 5.65 Å². The molecule has 0 aliphatic heterocycles. The molecule has 2 aromatic heterocycles. The van der Waals surface area contributed by atoms with Crippen molar-refractivity contribution in [3.8, 4) is 22.5 Å². The fraction of sp³-hybridized carbons (Fsp3) is 0.0417. The quantitative estimate of drug-likeness (QED) is 0.437. The number of hydrogen-bond acceptors (Lipinski definition) is 3. The molecule has 0 amide bonds. The van der Waals surface area contributed by atoms with Gasteiger partial charge in [-0.1, -0.05) is 72.3 Å². The number of carbonyl (C=O) groups is 1. The van der Waals surface area contributed by atoms with Crippen LogP contribution in [0.2, 0.25) is 0 Å². The van der Waals surface area contributed by atoms with E-state index in [9.17, 15) is 9.90 Å². The zero-order valence-electron chi connectivity index (χ0n) is 15.7. The minimum atomic E-state index is -1.01. The van der Waals surface area contributed by atoms with Gasteiger partial charge in [0.25, 0.3) is 0 Å². The van der Waals surface area contributed by atoms with E-state index in [1.165, 1.54) is 0 Å². The third-order valence-corrected chi connectivity index (χ3v) is 5.16. The van der Waals surface area contributed by atoms with Crippen LogP contribution in [0.4, 0.5) is 0 Å². The summed E-state index contributed by atoms with van der Waals surface area (Å²) in [6, 6.07) is 23.4. The topological polar surface area (TPSA) is 78.9 Å². The Labute approximate surface area is 166 Å². The van der Waals surface area contributed by atoms with Gasteiger partial charge in [-0.15, -0.1) is 0 Å². The van der Waals surface area contributed by atoms with Crippen LogP contribution in [0.25, 0.3) is 44.3 Å². The molecule has 0 aliphatic carbocycles. The lowest BCUT2D eigenvalue weighted by Gasteiger charge is -2.08. The van der Waals surface area contributed by atoms with Crippen molar-refractivity contribution in [3.05, 3.63) is 83.9 Å². The van der Waals surface area contributed by atoms with E-state index in [-0.39, 0.29) is 5.56 Å². The molecule has 0 bridgehead atoms. The number of carboxylic acids is 1. The average molecular weight is 379 g/mol. The Morgan fingerprint density at radius 2 is 1.72 bits per heavy atom. The molecule has 5 aromatic rings. The number of pyridine rings is 1. The number of nitrogens with one attached hydrogen (secondary N) is 1. The third kappa shape index (κ3) is 2.84. The van der Waals surface area contributed by atoms with Gasteiger partial charge in [-0.2, -0.15) is 5.10 Å². The molecular weight excluding hydrogens is 362 g/mol. The van der Waals surface area contributed by atoms with E-state index >= 15 is 0 Å². The first-order valence-corrected chi connectivity index (χ1v) is 9.29. The molecule has 29 heavy (non-hydrogen) atoms. The molecular formula is C24H17N3O2. The molecule has 3 aromatic carbocycles. The molecule has 140 valence electrons. The van der Waals surface area contributed by atoms with Gasteiger partial charge >= 0.3 is 5.97 Å². The first-order chi connectivity index (χ1) is 14.1. The fourth-order valence-electron chi connectivity index (χ4n) is 3.71. The summed E-state index contributed by atoms with van der Waals surface area (Å²) >= 11 is 0. The van der Waals surface area contributed by atoms with Crippen molar-refractivity contribution >= 4 is 27.8 Å². The molecule has 5 rings (SSSR count). The number of aromatic amines is 1. The van der Waals surface area contributed by atoms with Crippen molar-refractivity contribution in [2.75, 3.05) is 0 Å². The number of rotatable bonds is 3. The Kier molecular flexibility index (Phi) is 3.88. The molecule has 0 atom stereocenters. The minimum absolute atomic E-state index is 0.183. The highest BCUT2D eigenvalue weighted by Gasteiger charge is 2.20. The Morgan fingerprint density at radius 1 is 0.966 bits per heavy atom. The Balaban J connectivity index is 1.78. The second kappa shape index (κ2) is 6.56. The van der Waals surface area contributed by atoms with E-state index in [0.717, 1.165) is 27.5 Å². The summed E-state index contributed by atoms with van der Waals surface area (Å²) < 4.78 is 0. The smallest absolute Gasteiger partial charge is 0.336 e. The second-order valence-electron chi connectivity index (χ2n) is 7.05. The van der Waals surface area contributed by atoms with Crippen LogP contribution in [-0.4, -0.2) is 26.3 Å². The van der Waals surface area contributed by atoms with Crippen LogP contribution >= 0.6 is 0 Å². The summed E-state index contributed by atoms with van der Waals surface area (Å²) in [4.78, 5) is 16.8. The standard InChI is InChI=1S/C24H17N3O2/c1-14-9-11-16(12-10-14)22-21-19(24(28)29)13-20(25-23(21)27-26-22)18-8-4-6-15-5-2-3-7-17(15)18/h2-13H,1H3,(H,28,29)(H,25,26,27). The molecule has 5 nitrogen and oxygen atoms in total. The minimum Gasteiger partial charge on any atom is -0.478 e. The zero-order valence-corrected chi connectivity index (χ0v) is 15.7. The maximum absolute atomic E-state index is 12.1. The first-order valence-electron chi connectivity index (χ1n) is 9.29. The molecule has 5 heteroatoms. The van der Waals surface area contributed by atoms with Crippen molar-refractivity contribution in [2.45, 2.75) is 6.92 Å². The largest absolute Gasteiger partial charge is 0.478 e. The number of hydrogen-bond donors (Lipinski definition) is 2. The van der Waals surface area contributed by atoms with Crippen molar-refractivity contribution in [1.82, 2.24) is 15.2 Å². The lowest BCUT2D eigenvalue weighted by atomic mass is 9.98. The third-order valence-electron chi connectivity index (χ3n) is 5.16. The number of H-pyrrole nitrogens is 1. The second-order valence-corrected chi connectivity index (χ2v) is 7.05. The van der Waals surface area contributed by atoms with E-state index < -0.39 is 5.97 Å². The van der Waals surface area contributed by atoms with E-state index in [2.05, 4.69) is 10.2 Å². The van der Waals surface area contributed by atoms with Crippen LogP contribution in [-0.2, 0) is 0 Å². The number of aromatic nitrogens is 3. The highest BCUT2D eigenvalue weighted by atomic mass is 16.4. The van der Waals surface area contributed by atoms with Crippen molar-refractivity contribution < 1.29 is 9.90 Å². The normalized spacial score (nSPS) is 11.2. The summed E-state index contributed by atoms with van der Waals surface area (Å²) in [5, 5.41) is 19.9. The molecule has 0 saturated heterocycles. The summed E-state index contributed by atoms with van der Waals surface area (Å²) in [7, 11) is 0. The Bertz CT molecular complexity index is 1380. The average Bonchev–Trinajstić information content (AvgIpc) is 3.17. The van der Waals surface area contributed by atoms with Gasteiger partial charge in [-0.25, -0.2) is 9.78 Å². The van der Waals surface area contributed by atoms with E-state index in [4.69, 9.17) is 4.98 Å². The summed E-state index contributed by atoms with van der Waals surface area (Å²) in [6.07, 6.45) is 0. The Morgan fingerprint density at radius 3 is 2.52 bits per heavy atom. The highest BCUT2D eigenvalue weighted by Crippen LogP contribution is 2.33. The van der Waals surface area contributed by atoms with Crippen LogP contribution in [0, 0.1) is 6.92 Å². The van der Waals surface area contributed by atoms with E-state index in [1.54, 1.807) is 6.07 Å². The van der Waals surface area contributed by atoms with Gasteiger partial charge in [-0.3, -0.25) is 5.10 Å². The predicted molar refractivity (Wildman–Crippen MR) is 114 cm³/mol.